The minimum atomic E-state index is -0.599. The first-order valence-electron chi connectivity index (χ1n) is 6.38. The van der Waals surface area contributed by atoms with Crippen LogP contribution in [0.15, 0.2) is 54.2 Å². The fourth-order valence-corrected chi connectivity index (χ4v) is 2.10. The van der Waals surface area contributed by atoms with Crippen molar-refractivity contribution < 1.29 is 4.79 Å². The van der Waals surface area contributed by atoms with Gasteiger partial charge in [0.2, 0.25) is 0 Å². The molecule has 0 unspecified atom stereocenters. The number of nitrogens with one attached hydrogen (secondary N) is 2. The van der Waals surface area contributed by atoms with E-state index in [0.717, 1.165) is 0 Å². The predicted octanol–water partition coefficient (Wildman–Crippen LogP) is 5.10. The topological polar surface area (TPSA) is 64.9 Å². The molecule has 0 heterocycles. The Morgan fingerprint density at radius 2 is 1.70 bits per heavy atom. The molecule has 23 heavy (non-hydrogen) atoms. The van der Waals surface area contributed by atoms with Crippen LogP contribution in [0.25, 0.3) is 0 Å². The van der Waals surface area contributed by atoms with Crippen molar-refractivity contribution in [2.45, 2.75) is 0 Å². The highest BCUT2D eigenvalue weighted by Gasteiger charge is 2.11. The molecule has 2 aromatic carbocycles. The summed E-state index contributed by atoms with van der Waals surface area (Å²) in [6.45, 7) is 0. The van der Waals surface area contributed by atoms with Gasteiger partial charge in [0.15, 0.2) is 0 Å². The molecular formula is C16H10Cl3N3O. The van der Waals surface area contributed by atoms with Crippen molar-refractivity contribution in [3.05, 3.63) is 69.3 Å². The normalized spacial score (nSPS) is 10.8. The van der Waals surface area contributed by atoms with Gasteiger partial charge < -0.3 is 10.6 Å². The van der Waals surface area contributed by atoms with E-state index in [2.05, 4.69) is 10.6 Å². The molecule has 4 nitrogen and oxygen atoms in total. The molecule has 2 N–H and O–H groups in total. The number of nitriles is 1. The molecule has 0 aliphatic rings. The standard InChI is InChI=1S/C16H10Cl3N3O/c17-11-1-4-13(5-2-11)21-9-10(8-20)16(23)22-15-7-12(18)3-6-14(15)19/h1-7,9,21H,(H,22,23)/b10-9-. The lowest BCUT2D eigenvalue weighted by atomic mass is 10.2. The van der Waals surface area contributed by atoms with E-state index < -0.39 is 5.91 Å². The van der Waals surface area contributed by atoms with Gasteiger partial charge in [-0.15, -0.1) is 0 Å². The van der Waals surface area contributed by atoms with E-state index in [0.29, 0.717) is 26.4 Å². The number of anilines is 2. The zero-order valence-corrected chi connectivity index (χ0v) is 13.9. The highest BCUT2D eigenvalue weighted by Crippen LogP contribution is 2.25. The van der Waals surface area contributed by atoms with E-state index in [4.69, 9.17) is 40.1 Å². The molecule has 0 atom stereocenters. The summed E-state index contributed by atoms with van der Waals surface area (Å²) in [5.74, 6) is -0.599. The number of hydrogen-bond acceptors (Lipinski definition) is 3. The number of carbonyl (C=O) groups excluding carboxylic acids is 1. The smallest absolute Gasteiger partial charge is 0.267 e. The third-order valence-corrected chi connectivity index (χ3v) is 3.59. The van der Waals surface area contributed by atoms with E-state index in [1.54, 1.807) is 36.4 Å². The molecule has 7 heteroatoms. The Balaban J connectivity index is 2.12. The lowest BCUT2D eigenvalue weighted by Crippen LogP contribution is -2.14. The summed E-state index contributed by atoms with van der Waals surface area (Å²) in [6, 6.07) is 13.3. The maximum atomic E-state index is 12.1. The van der Waals surface area contributed by atoms with Crippen LogP contribution in [0, 0.1) is 11.3 Å². The zero-order chi connectivity index (χ0) is 16.8. The van der Waals surface area contributed by atoms with Crippen molar-refractivity contribution >= 4 is 52.1 Å². The molecule has 0 fully saturated rings. The summed E-state index contributed by atoms with van der Waals surface area (Å²) in [7, 11) is 0. The third kappa shape index (κ3) is 4.90. The van der Waals surface area contributed by atoms with Crippen molar-refractivity contribution in [2.75, 3.05) is 10.6 Å². The fourth-order valence-electron chi connectivity index (χ4n) is 1.63. The quantitative estimate of drug-likeness (QED) is 0.584. The summed E-state index contributed by atoms with van der Waals surface area (Å²) in [5, 5.41) is 15.9. The molecule has 0 saturated carbocycles. The maximum absolute atomic E-state index is 12.1. The van der Waals surface area contributed by atoms with Gasteiger partial charge in [0.05, 0.1) is 10.7 Å². The van der Waals surface area contributed by atoms with Gasteiger partial charge in [0.1, 0.15) is 11.6 Å². The Morgan fingerprint density at radius 1 is 1.04 bits per heavy atom. The molecule has 0 radical (unpaired) electrons. The number of rotatable bonds is 4. The van der Waals surface area contributed by atoms with Crippen molar-refractivity contribution in [1.82, 2.24) is 0 Å². The van der Waals surface area contributed by atoms with E-state index in [9.17, 15) is 4.79 Å². The molecule has 0 aromatic heterocycles. The summed E-state index contributed by atoms with van der Waals surface area (Å²) < 4.78 is 0. The highest BCUT2D eigenvalue weighted by atomic mass is 35.5. The monoisotopic (exact) mass is 365 g/mol. The molecule has 0 aliphatic heterocycles. The first-order chi connectivity index (χ1) is 11.0. The molecule has 0 saturated heterocycles. The maximum Gasteiger partial charge on any atom is 0.267 e. The Labute approximate surface area is 148 Å². The van der Waals surface area contributed by atoms with Crippen LogP contribution < -0.4 is 10.6 Å². The van der Waals surface area contributed by atoms with Gasteiger partial charge in [0.25, 0.3) is 5.91 Å². The Hall–Kier alpha value is -2.19. The van der Waals surface area contributed by atoms with Crippen LogP contribution >= 0.6 is 34.8 Å². The largest absolute Gasteiger partial charge is 0.360 e. The summed E-state index contributed by atoms with van der Waals surface area (Å²) >= 11 is 17.6. The molecule has 0 bridgehead atoms. The lowest BCUT2D eigenvalue weighted by molar-refractivity contribution is -0.112. The SMILES string of the molecule is N#C/C(=C/Nc1ccc(Cl)cc1)C(=O)Nc1cc(Cl)ccc1Cl. The average molecular weight is 367 g/mol. The van der Waals surface area contributed by atoms with Crippen molar-refractivity contribution in [3.8, 4) is 6.07 Å². The van der Waals surface area contributed by atoms with E-state index in [1.165, 1.54) is 12.3 Å². The number of amides is 1. The van der Waals surface area contributed by atoms with Gasteiger partial charge in [-0.25, -0.2) is 0 Å². The number of carbonyl (C=O) groups is 1. The van der Waals surface area contributed by atoms with Gasteiger partial charge in [-0.2, -0.15) is 5.26 Å². The Morgan fingerprint density at radius 3 is 2.35 bits per heavy atom. The van der Waals surface area contributed by atoms with Gasteiger partial charge >= 0.3 is 0 Å². The van der Waals surface area contributed by atoms with Crippen molar-refractivity contribution in [1.29, 1.82) is 5.26 Å². The van der Waals surface area contributed by atoms with Gasteiger partial charge in [-0.05, 0) is 42.5 Å². The average Bonchev–Trinajstić information content (AvgIpc) is 2.53. The van der Waals surface area contributed by atoms with Crippen molar-refractivity contribution in [3.63, 3.8) is 0 Å². The van der Waals surface area contributed by atoms with Crippen LogP contribution in [0.2, 0.25) is 15.1 Å². The molecule has 0 aliphatic carbocycles. The summed E-state index contributed by atoms with van der Waals surface area (Å²) in [4.78, 5) is 12.1. The van der Waals surface area contributed by atoms with E-state index in [-0.39, 0.29) is 5.57 Å². The summed E-state index contributed by atoms with van der Waals surface area (Å²) in [5.41, 5.74) is 0.906. The Kier molecular flexibility index (Phi) is 5.89. The fraction of sp³-hybridized carbons (Fsp3) is 0. The van der Waals surface area contributed by atoms with Gasteiger partial charge in [-0.1, -0.05) is 34.8 Å². The van der Waals surface area contributed by atoms with Crippen LogP contribution in [0.3, 0.4) is 0 Å². The second kappa shape index (κ2) is 7.89. The second-order valence-electron chi connectivity index (χ2n) is 4.40. The molecule has 1 amide bonds. The highest BCUT2D eigenvalue weighted by molar-refractivity contribution is 6.36. The second-order valence-corrected chi connectivity index (χ2v) is 5.68. The third-order valence-electron chi connectivity index (χ3n) is 2.77. The van der Waals surface area contributed by atoms with Crippen LogP contribution in [0.4, 0.5) is 11.4 Å². The first kappa shape index (κ1) is 17.2. The van der Waals surface area contributed by atoms with Gasteiger partial charge in [-0.3, -0.25) is 4.79 Å². The predicted molar refractivity (Wildman–Crippen MR) is 93.9 cm³/mol. The number of halogens is 3. The minimum Gasteiger partial charge on any atom is -0.360 e. The molecule has 116 valence electrons. The van der Waals surface area contributed by atoms with Crippen molar-refractivity contribution in [2.24, 2.45) is 0 Å². The lowest BCUT2D eigenvalue weighted by Gasteiger charge is -2.07. The van der Waals surface area contributed by atoms with Crippen LogP contribution in [-0.2, 0) is 4.79 Å². The molecular weight excluding hydrogens is 357 g/mol. The number of hydrogen-bond donors (Lipinski definition) is 2. The number of nitrogens with zero attached hydrogens (tertiary/aromatic N) is 1. The molecule has 0 spiro atoms. The molecule has 2 aromatic rings. The molecule has 2 rings (SSSR count). The van der Waals surface area contributed by atoms with Crippen LogP contribution in [0.1, 0.15) is 0 Å². The van der Waals surface area contributed by atoms with Crippen LogP contribution in [-0.4, -0.2) is 5.91 Å². The van der Waals surface area contributed by atoms with E-state index in [1.807, 2.05) is 6.07 Å². The number of benzene rings is 2. The van der Waals surface area contributed by atoms with Crippen LogP contribution in [0.5, 0.6) is 0 Å². The Bertz CT molecular complexity index is 795. The van der Waals surface area contributed by atoms with E-state index >= 15 is 0 Å². The summed E-state index contributed by atoms with van der Waals surface area (Å²) in [6.07, 6.45) is 1.30. The van der Waals surface area contributed by atoms with Gasteiger partial charge in [0, 0.05) is 21.9 Å². The first-order valence-corrected chi connectivity index (χ1v) is 7.52. The minimum absolute atomic E-state index is 0.115. The zero-order valence-electron chi connectivity index (χ0n) is 11.6.